The SMILES string of the molecule is [2H]c1c([2H])c(C([2H])([2H])Sc2nc(=O)c3c(n2CC(=O)N(CCN(C([2H])([2H])C)C([2H])([2H])C)Cc2ccc(-c4ccc(C(F)(F)F)cc4)cc2)CCC3)c([2H])c([2H])c1F. The Morgan fingerprint density at radius 3 is 2.21 bits per heavy atom. The highest BCUT2D eigenvalue weighted by atomic mass is 32.2. The van der Waals surface area contributed by atoms with Gasteiger partial charge in [-0.15, -0.1) is 0 Å². The molecule has 1 amide bonds. The third-order valence-electron chi connectivity index (χ3n) is 7.69. The lowest BCUT2D eigenvalue weighted by atomic mass is 10.0. The smallest absolute Gasteiger partial charge is 0.336 e. The van der Waals surface area contributed by atoms with Crippen LogP contribution in [-0.2, 0) is 42.6 Å². The van der Waals surface area contributed by atoms with E-state index < -0.39 is 84.0 Å². The monoisotopic (exact) mass is 676 g/mol. The lowest BCUT2D eigenvalue weighted by Crippen LogP contribution is -2.40. The molecule has 47 heavy (non-hydrogen) atoms. The summed E-state index contributed by atoms with van der Waals surface area (Å²) in [5.74, 6) is -2.09. The number of carbonyl (C=O) groups is 1. The molecule has 0 atom stereocenters. The second kappa shape index (κ2) is 15.3. The zero-order valence-electron chi connectivity index (χ0n) is 35.6. The van der Waals surface area contributed by atoms with Crippen molar-refractivity contribution in [2.24, 2.45) is 0 Å². The van der Waals surface area contributed by atoms with E-state index in [0.717, 1.165) is 17.0 Å². The zero-order chi connectivity index (χ0) is 42.4. The fraction of sp³-hybridized carbons (Fsp3) is 0.361. The molecule has 1 aliphatic carbocycles. The number of rotatable bonds is 13. The molecule has 0 fully saturated rings. The number of hydrogen-bond donors (Lipinski definition) is 0. The molecule has 11 heteroatoms. The minimum atomic E-state index is -4.50. The number of thioether (sulfide) groups is 1. The van der Waals surface area contributed by atoms with E-state index in [1.54, 1.807) is 24.3 Å². The predicted molar refractivity (Wildman–Crippen MR) is 177 cm³/mol. The van der Waals surface area contributed by atoms with E-state index in [-0.39, 0.29) is 36.6 Å². The molecule has 0 saturated heterocycles. The van der Waals surface area contributed by atoms with Crippen LogP contribution in [0.4, 0.5) is 17.6 Å². The number of nitrogens with zero attached hydrogens (tertiary/aromatic N) is 4. The van der Waals surface area contributed by atoms with Crippen molar-refractivity contribution in [3.05, 3.63) is 117 Å². The fourth-order valence-corrected chi connectivity index (χ4v) is 5.94. The van der Waals surface area contributed by atoms with Crippen LogP contribution in [0.1, 0.15) is 61.9 Å². The summed E-state index contributed by atoms with van der Waals surface area (Å²) in [5, 5.41) is -0.322. The number of likely N-dealkylation sites (N-methyl/N-ethyl adjacent to an activating group) is 1. The highest BCUT2D eigenvalue weighted by Crippen LogP contribution is 2.31. The van der Waals surface area contributed by atoms with Crippen molar-refractivity contribution in [1.29, 1.82) is 0 Å². The zero-order valence-corrected chi connectivity index (χ0v) is 26.4. The van der Waals surface area contributed by atoms with Gasteiger partial charge in [-0.25, -0.2) is 4.39 Å². The average Bonchev–Trinajstić information content (AvgIpc) is 3.61. The van der Waals surface area contributed by atoms with Gasteiger partial charge in [0.1, 0.15) is 12.4 Å². The first kappa shape index (κ1) is 23.4. The van der Waals surface area contributed by atoms with Gasteiger partial charge in [0.25, 0.3) is 5.56 Å². The molecular formula is C36H38F4N4O2S. The summed E-state index contributed by atoms with van der Waals surface area (Å²) in [5.41, 5.74) is -2.76. The molecule has 0 bridgehead atoms. The van der Waals surface area contributed by atoms with Crippen molar-refractivity contribution in [1.82, 2.24) is 19.4 Å². The van der Waals surface area contributed by atoms with Crippen molar-refractivity contribution < 1.29 is 36.1 Å². The topological polar surface area (TPSA) is 58.4 Å². The summed E-state index contributed by atoms with van der Waals surface area (Å²) in [6, 6.07) is 7.08. The van der Waals surface area contributed by atoms with Crippen LogP contribution in [0.3, 0.4) is 0 Å². The number of alkyl halides is 3. The molecule has 4 aromatic rings. The maximum absolute atomic E-state index is 14.4. The van der Waals surface area contributed by atoms with Gasteiger partial charge in [0.15, 0.2) is 5.16 Å². The summed E-state index contributed by atoms with van der Waals surface area (Å²) in [6.07, 6.45) is -3.36. The van der Waals surface area contributed by atoms with E-state index in [0.29, 0.717) is 47.2 Å². The lowest BCUT2D eigenvalue weighted by Gasteiger charge is -2.28. The second-order valence-electron chi connectivity index (χ2n) is 10.6. The van der Waals surface area contributed by atoms with Gasteiger partial charge in [-0.05, 0) is 78.7 Å². The van der Waals surface area contributed by atoms with E-state index in [1.807, 2.05) is 0 Å². The summed E-state index contributed by atoms with van der Waals surface area (Å²) >= 11 is 0.257. The Bertz CT molecular complexity index is 2170. The van der Waals surface area contributed by atoms with Crippen molar-refractivity contribution in [2.45, 2.75) is 63.2 Å². The summed E-state index contributed by atoms with van der Waals surface area (Å²) in [4.78, 5) is 33.9. The maximum atomic E-state index is 14.4. The van der Waals surface area contributed by atoms with Gasteiger partial charge in [-0.2, -0.15) is 18.2 Å². The number of amides is 1. The molecule has 1 aliphatic rings. The van der Waals surface area contributed by atoms with Gasteiger partial charge in [-0.3, -0.25) is 9.59 Å². The molecule has 0 saturated carbocycles. The van der Waals surface area contributed by atoms with E-state index in [2.05, 4.69) is 4.98 Å². The molecule has 6 nitrogen and oxygen atoms in total. The Kier molecular flexibility index (Phi) is 7.61. The van der Waals surface area contributed by atoms with Crippen molar-refractivity contribution in [3.8, 4) is 11.1 Å². The Balaban J connectivity index is 1.51. The summed E-state index contributed by atoms with van der Waals surface area (Å²) in [6.45, 7) is -3.08. The van der Waals surface area contributed by atoms with Gasteiger partial charge in [-0.1, -0.05) is 74.1 Å². The first-order valence-corrected chi connectivity index (χ1v) is 15.5. The van der Waals surface area contributed by atoms with E-state index >= 15 is 0 Å². The standard InChI is InChI=1S/C36H38F4N4O2S/c1-3-42(4-2)20-21-43(22-25-8-12-27(13-9-25)28-14-16-29(17-15-28)36(38,39)40)33(45)23-44-32-7-5-6-31(32)34(46)41-35(44)47-24-26-10-18-30(37)19-11-26/h8-19H,3-7,20-24H2,1-2H3/i3D2,4D2,10D,11D,18D,19D,24D2. The molecule has 0 aliphatic heterocycles. The molecule has 0 unspecified atom stereocenters. The van der Waals surface area contributed by atoms with E-state index in [9.17, 15) is 27.2 Å². The first-order valence-electron chi connectivity index (χ1n) is 19.7. The number of hydrogen-bond acceptors (Lipinski definition) is 5. The Labute approximate surface area is 290 Å². The van der Waals surface area contributed by atoms with Crippen LogP contribution in [0.5, 0.6) is 0 Å². The molecule has 0 N–H and O–H groups in total. The van der Waals surface area contributed by atoms with Gasteiger partial charge < -0.3 is 14.4 Å². The Morgan fingerprint density at radius 1 is 0.957 bits per heavy atom. The molecule has 3 aromatic carbocycles. The molecule has 1 heterocycles. The predicted octanol–water partition coefficient (Wildman–Crippen LogP) is 7.22. The third-order valence-corrected chi connectivity index (χ3v) is 8.49. The first-order chi connectivity index (χ1) is 26.3. The number of carbonyl (C=O) groups excluding carboxylic acids is 1. The maximum Gasteiger partial charge on any atom is 0.416 e. The van der Waals surface area contributed by atoms with Crippen LogP contribution < -0.4 is 5.56 Å². The molecule has 248 valence electrons. The number of fused-ring (bicyclic) bond motifs is 1. The van der Waals surface area contributed by atoms with Crippen LogP contribution in [0, 0.1) is 5.82 Å². The summed E-state index contributed by atoms with van der Waals surface area (Å²) < 4.78 is 138. The number of benzene rings is 3. The Morgan fingerprint density at radius 2 is 1.60 bits per heavy atom. The van der Waals surface area contributed by atoms with Crippen molar-refractivity contribution in [3.63, 3.8) is 0 Å². The highest BCUT2D eigenvalue weighted by Gasteiger charge is 2.30. The highest BCUT2D eigenvalue weighted by molar-refractivity contribution is 7.98. The largest absolute Gasteiger partial charge is 0.416 e. The lowest BCUT2D eigenvalue weighted by molar-refractivity contribution is -0.137. The average molecular weight is 677 g/mol. The van der Waals surface area contributed by atoms with Gasteiger partial charge >= 0.3 is 6.18 Å². The van der Waals surface area contributed by atoms with E-state index in [1.165, 1.54) is 35.4 Å². The minimum absolute atomic E-state index is 0.100. The van der Waals surface area contributed by atoms with Gasteiger partial charge in [0, 0.05) is 44.8 Å². The van der Waals surface area contributed by atoms with Crippen LogP contribution in [0.25, 0.3) is 11.1 Å². The van der Waals surface area contributed by atoms with Crippen LogP contribution in [0.15, 0.2) is 82.7 Å². The molecule has 1 aromatic heterocycles. The molecule has 0 spiro atoms. The van der Waals surface area contributed by atoms with E-state index in [4.69, 9.17) is 13.7 Å². The molecule has 5 rings (SSSR count). The molecular weight excluding hydrogens is 628 g/mol. The van der Waals surface area contributed by atoms with Crippen LogP contribution in [0.2, 0.25) is 0 Å². The molecule has 0 radical (unpaired) electrons. The number of aromatic nitrogens is 2. The van der Waals surface area contributed by atoms with Gasteiger partial charge in [0.2, 0.25) is 5.91 Å². The number of halogens is 4. The summed E-state index contributed by atoms with van der Waals surface area (Å²) in [7, 11) is 0. The van der Waals surface area contributed by atoms with Crippen LogP contribution >= 0.6 is 11.8 Å². The Hall–Kier alpha value is -3.96. The third kappa shape index (κ3) is 8.70. The normalized spacial score (nSPS) is 16.8. The minimum Gasteiger partial charge on any atom is -0.336 e. The van der Waals surface area contributed by atoms with Crippen molar-refractivity contribution in [2.75, 3.05) is 26.1 Å². The fourth-order valence-electron chi connectivity index (χ4n) is 5.23. The second-order valence-corrected chi connectivity index (χ2v) is 11.4. The quantitative estimate of drug-likeness (QED) is 0.0851. The van der Waals surface area contributed by atoms with Crippen LogP contribution in [-0.4, -0.2) is 51.3 Å². The van der Waals surface area contributed by atoms with Crippen molar-refractivity contribution >= 4 is 17.7 Å². The van der Waals surface area contributed by atoms with Gasteiger partial charge in [0.05, 0.1) is 11.0 Å².